The summed E-state index contributed by atoms with van der Waals surface area (Å²) in [5.74, 6) is 1.45. The number of nitrogens with one attached hydrogen (secondary N) is 3. The van der Waals surface area contributed by atoms with Crippen LogP contribution in [0.3, 0.4) is 0 Å². The summed E-state index contributed by atoms with van der Waals surface area (Å²) < 4.78 is 11.6. The Morgan fingerprint density at radius 2 is 2.11 bits per heavy atom. The van der Waals surface area contributed by atoms with E-state index < -0.39 is 0 Å². The van der Waals surface area contributed by atoms with E-state index in [1.165, 1.54) is 0 Å². The molecule has 9 nitrogen and oxygen atoms in total. The zero-order valence-corrected chi connectivity index (χ0v) is 15.2. The van der Waals surface area contributed by atoms with Gasteiger partial charge in [0.25, 0.3) is 0 Å². The first-order chi connectivity index (χ1) is 13.2. The third-order valence-corrected chi connectivity index (χ3v) is 4.41. The second kappa shape index (κ2) is 7.46. The fourth-order valence-electron chi connectivity index (χ4n) is 2.42. The van der Waals surface area contributed by atoms with Crippen LogP contribution in [0.5, 0.6) is 6.01 Å². The monoisotopic (exact) mass is 384 g/mol. The molecule has 3 heterocycles. The standard InChI is InChI=1S/C17H16N6O3S/c1-2-25-16-22-14(18-9-11-4-3-7-26-11)21-15(23-16)19-10-5-6-12-13(8-10)27-17(24)20-12/h3-8H,2,9H2,1H3,(H,20,24)(H2,18,19,21,22,23). The van der Waals surface area contributed by atoms with E-state index in [1.807, 2.05) is 37.3 Å². The molecule has 0 spiro atoms. The van der Waals surface area contributed by atoms with Crippen LogP contribution in [0.2, 0.25) is 0 Å². The van der Waals surface area contributed by atoms with Crippen molar-refractivity contribution in [3.05, 3.63) is 52.0 Å². The van der Waals surface area contributed by atoms with Crippen LogP contribution >= 0.6 is 11.3 Å². The lowest BCUT2D eigenvalue weighted by Crippen LogP contribution is -2.09. The fraction of sp³-hybridized carbons (Fsp3) is 0.176. The summed E-state index contributed by atoms with van der Waals surface area (Å²) in [6.07, 6.45) is 1.61. The molecule has 4 aromatic rings. The maximum Gasteiger partial charge on any atom is 0.323 e. The number of furan rings is 1. The zero-order chi connectivity index (χ0) is 18.6. The molecule has 3 aromatic heterocycles. The van der Waals surface area contributed by atoms with Gasteiger partial charge < -0.3 is 24.8 Å². The second-order valence-electron chi connectivity index (χ2n) is 5.48. The fourth-order valence-corrected chi connectivity index (χ4v) is 3.19. The molecule has 0 aliphatic rings. The van der Waals surface area contributed by atoms with Crippen molar-refractivity contribution >= 4 is 39.1 Å². The van der Waals surface area contributed by atoms with Gasteiger partial charge in [-0.15, -0.1) is 0 Å². The van der Waals surface area contributed by atoms with Gasteiger partial charge in [0.1, 0.15) is 5.76 Å². The summed E-state index contributed by atoms with van der Waals surface area (Å²) in [6, 6.07) is 9.41. The molecule has 0 aliphatic heterocycles. The van der Waals surface area contributed by atoms with Crippen molar-refractivity contribution in [2.24, 2.45) is 0 Å². The lowest BCUT2D eigenvalue weighted by Gasteiger charge is -2.10. The predicted octanol–water partition coefficient (Wildman–Crippen LogP) is 3.12. The Morgan fingerprint density at radius 1 is 1.22 bits per heavy atom. The number of H-pyrrole nitrogens is 1. The normalized spacial score (nSPS) is 10.9. The minimum Gasteiger partial charge on any atom is -0.467 e. The molecule has 0 amide bonds. The van der Waals surface area contributed by atoms with Gasteiger partial charge in [0, 0.05) is 5.69 Å². The number of thiazole rings is 1. The molecular formula is C17H16N6O3S. The molecule has 0 aliphatic carbocycles. The Kier molecular flexibility index (Phi) is 4.71. The number of aromatic amines is 1. The highest BCUT2D eigenvalue weighted by Crippen LogP contribution is 2.22. The van der Waals surface area contributed by atoms with Gasteiger partial charge in [-0.2, -0.15) is 15.0 Å². The van der Waals surface area contributed by atoms with Crippen LogP contribution < -0.4 is 20.2 Å². The molecule has 4 rings (SSSR count). The van der Waals surface area contributed by atoms with E-state index in [0.717, 1.165) is 33.0 Å². The number of benzene rings is 1. The Morgan fingerprint density at radius 3 is 2.93 bits per heavy atom. The SMILES string of the molecule is CCOc1nc(NCc2ccco2)nc(Nc2ccc3[nH]c(=O)sc3c2)n1. The summed E-state index contributed by atoms with van der Waals surface area (Å²) in [5, 5.41) is 6.21. The van der Waals surface area contributed by atoms with Gasteiger partial charge in [-0.1, -0.05) is 11.3 Å². The molecular weight excluding hydrogens is 368 g/mol. The zero-order valence-electron chi connectivity index (χ0n) is 14.4. The summed E-state index contributed by atoms with van der Waals surface area (Å²) in [5.41, 5.74) is 1.55. The largest absolute Gasteiger partial charge is 0.467 e. The highest BCUT2D eigenvalue weighted by atomic mass is 32.1. The maximum atomic E-state index is 11.5. The Labute approximate surface area is 157 Å². The van der Waals surface area contributed by atoms with Crippen LogP contribution in [0, 0.1) is 0 Å². The third-order valence-electron chi connectivity index (χ3n) is 3.57. The van der Waals surface area contributed by atoms with Crippen molar-refractivity contribution in [3.8, 4) is 6.01 Å². The average molecular weight is 384 g/mol. The minimum atomic E-state index is -0.0923. The molecule has 1 aromatic carbocycles. The highest BCUT2D eigenvalue weighted by molar-refractivity contribution is 7.16. The van der Waals surface area contributed by atoms with Crippen LogP contribution in [-0.2, 0) is 6.54 Å². The first-order valence-electron chi connectivity index (χ1n) is 8.24. The summed E-state index contributed by atoms with van der Waals surface area (Å²) in [7, 11) is 0. The highest BCUT2D eigenvalue weighted by Gasteiger charge is 2.09. The van der Waals surface area contributed by atoms with Crippen LogP contribution in [0.15, 0.2) is 45.8 Å². The van der Waals surface area contributed by atoms with Crippen LogP contribution in [0.25, 0.3) is 10.2 Å². The predicted molar refractivity (Wildman–Crippen MR) is 103 cm³/mol. The molecule has 138 valence electrons. The molecule has 0 saturated carbocycles. The molecule has 0 fully saturated rings. The number of nitrogens with zero attached hydrogens (tertiary/aromatic N) is 3. The summed E-state index contributed by atoms with van der Waals surface area (Å²) in [4.78, 5) is 27.0. The number of anilines is 3. The van der Waals surface area contributed by atoms with Gasteiger partial charge >= 0.3 is 10.9 Å². The lowest BCUT2D eigenvalue weighted by atomic mass is 10.3. The smallest absolute Gasteiger partial charge is 0.323 e. The van der Waals surface area contributed by atoms with Crippen molar-refractivity contribution in [3.63, 3.8) is 0 Å². The number of rotatable bonds is 7. The first kappa shape index (κ1) is 17.0. The number of fused-ring (bicyclic) bond motifs is 1. The van der Waals surface area contributed by atoms with Gasteiger partial charge in [-0.25, -0.2) is 0 Å². The van der Waals surface area contributed by atoms with Crippen LogP contribution in [0.4, 0.5) is 17.6 Å². The van der Waals surface area contributed by atoms with Gasteiger partial charge in [0.2, 0.25) is 11.9 Å². The summed E-state index contributed by atoms with van der Waals surface area (Å²) >= 11 is 1.15. The van der Waals surface area contributed by atoms with Gasteiger partial charge in [0.05, 0.1) is 29.6 Å². The number of hydrogen-bond acceptors (Lipinski definition) is 9. The first-order valence-corrected chi connectivity index (χ1v) is 9.06. The maximum absolute atomic E-state index is 11.5. The van der Waals surface area contributed by atoms with E-state index in [9.17, 15) is 4.79 Å². The quantitative estimate of drug-likeness (QED) is 0.445. The molecule has 0 atom stereocenters. The third kappa shape index (κ3) is 4.06. The van der Waals surface area contributed by atoms with Crippen molar-refractivity contribution in [2.45, 2.75) is 13.5 Å². The molecule has 0 saturated heterocycles. The second-order valence-corrected chi connectivity index (χ2v) is 6.50. The molecule has 0 radical (unpaired) electrons. The molecule has 27 heavy (non-hydrogen) atoms. The molecule has 0 unspecified atom stereocenters. The van der Waals surface area contributed by atoms with Crippen molar-refractivity contribution in [2.75, 3.05) is 17.2 Å². The van der Waals surface area contributed by atoms with E-state index in [0.29, 0.717) is 25.0 Å². The average Bonchev–Trinajstić information content (AvgIpc) is 3.28. The van der Waals surface area contributed by atoms with Crippen LogP contribution in [-0.4, -0.2) is 26.5 Å². The van der Waals surface area contributed by atoms with Crippen molar-refractivity contribution in [1.82, 2.24) is 19.9 Å². The van der Waals surface area contributed by atoms with Gasteiger partial charge in [-0.05, 0) is 37.3 Å². The molecule has 10 heteroatoms. The topological polar surface area (TPSA) is 118 Å². The number of ether oxygens (including phenoxy) is 1. The van der Waals surface area contributed by atoms with Gasteiger partial charge in [-0.3, -0.25) is 4.79 Å². The van der Waals surface area contributed by atoms with Crippen molar-refractivity contribution in [1.29, 1.82) is 0 Å². The van der Waals surface area contributed by atoms with E-state index in [2.05, 4.69) is 30.6 Å². The van der Waals surface area contributed by atoms with E-state index >= 15 is 0 Å². The Bertz CT molecular complexity index is 1110. The Hall–Kier alpha value is -3.40. The van der Waals surface area contributed by atoms with Crippen molar-refractivity contribution < 1.29 is 9.15 Å². The van der Waals surface area contributed by atoms with Crippen LogP contribution in [0.1, 0.15) is 12.7 Å². The number of hydrogen-bond donors (Lipinski definition) is 3. The van der Waals surface area contributed by atoms with E-state index in [1.54, 1.807) is 6.26 Å². The van der Waals surface area contributed by atoms with Gasteiger partial charge in [0.15, 0.2) is 0 Å². The lowest BCUT2D eigenvalue weighted by molar-refractivity contribution is 0.312. The number of aromatic nitrogens is 4. The molecule has 3 N–H and O–H groups in total. The summed E-state index contributed by atoms with van der Waals surface area (Å²) in [6.45, 7) is 2.73. The minimum absolute atomic E-state index is 0.0923. The molecule has 0 bridgehead atoms. The van der Waals surface area contributed by atoms with E-state index in [4.69, 9.17) is 9.15 Å². The Balaban J connectivity index is 1.58. The van der Waals surface area contributed by atoms with E-state index in [-0.39, 0.29) is 10.9 Å².